The number of carbonyl (C=O) groups excluding carboxylic acids is 2. The van der Waals surface area contributed by atoms with Gasteiger partial charge in [-0.05, 0) is 39.7 Å². The summed E-state index contributed by atoms with van der Waals surface area (Å²) in [5.74, 6) is 1.85. The van der Waals surface area contributed by atoms with E-state index in [1.807, 2.05) is 45.0 Å². The second-order valence-corrected chi connectivity index (χ2v) is 9.53. The summed E-state index contributed by atoms with van der Waals surface area (Å²) in [6, 6.07) is 7.63. The first kappa shape index (κ1) is 20.8. The van der Waals surface area contributed by atoms with Crippen LogP contribution in [0.1, 0.15) is 63.5 Å². The molecule has 0 bridgehead atoms. The lowest BCUT2D eigenvalue weighted by molar-refractivity contribution is -0.125. The van der Waals surface area contributed by atoms with Crippen LogP contribution in [0.25, 0.3) is 0 Å². The molecule has 170 valence electrons. The number of para-hydroxylation sites is 1. The third kappa shape index (κ3) is 4.29. The van der Waals surface area contributed by atoms with Crippen molar-refractivity contribution in [2.24, 2.45) is 0 Å². The van der Waals surface area contributed by atoms with Gasteiger partial charge in [-0.25, -0.2) is 4.68 Å². The van der Waals surface area contributed by atoms with E-state index in [0.29, 0.717) is 29.7 Å². The fourth-order valence-corrected chi connectivity index (χ4v) is 4.30. The number of benzene rings is 1. The molecule has 1 aliphatic carbocycles. The monoisotopic (exact) mass is 439 g/mol. The molecule has 2 aliphatic heterocycles. The summed E-state index contributed by atoms with van der Waals surface area (Å²) in [5.41, 5.74) is 1.71. The van der Waals surface area contributed by atoms with Gasteiger partial charge in [-0.2, -0.15) is 5.10 Å². The Hall–Kier alpha value is -3.07. The maximum atomic E-state index is 12.7. The molecule has 9 heteroatoms. The Morgan fingerprint density at radius 3 is 2.94 bits per heavy atom. The van der Waals surface area contributed by atoms with E-state index in [2.05, 4.69) is 21.0 Å². The number of ether oxygens (including phenoxy) is 2. The maximum absolute atomic E-state index is 12.7. The van der Waals surface area contributed by atoms with Crippen LogP contribution in [0.5, 0.6) is 11.5 Å². The van der Waals surface area contributed by atoms with Crippen molar-refractivity contribution in [3.63, 3.8) is 0 Å². The highest BCUT2D eigenvalue weighted by molar-refractivity contribution is 5.91. The lowest BCUT2D eigenvalue weighted by atomic mass is 10.0. The first-order valence-corrected chi connectivity index (χ1v) is 11.2. The number of hydrogen-bond acceptors (Lipinski definition) is 6. The van der Waals surface area contributed by atoms with E-state index in [1.54, 1.807) is 4.68 Å². The smallest absolute Gasteiger partial charge is 0.263 e. The van der Waals surface area contributed by atoms with Gasteiger partial charge in [-0.15, -0.1) is 0 Å². The number of amides is 2. The minimum absolute atomic E-state index is 0.0126. The van der Waals surface area contributed by atoms with Crippen LogP contribution in [0.15, 0.2) is 24.3 Å². The van der Waals surface area contributed by atoms with Crippen molar-refractivity contribution in [1.82, 2.24) is 20.4 Å². The van der Waals surface area contributed by atoms with Crippen molar-refractivity contribution in [2.75, 3.05) is 11.9 Å². The Balaban J connectivity index is 1.29. The second kappa shape index (κ2) is 7.81. The zero-order valence-electron chi connectivity index (χ0n) is 18.6. The molecule has 2 amide bonds. The van der Waals surface area contributed by atoms with E-state index < -0.39 is 6.29 Å². The first-order chi connectivity index (χ1) is 15.3. The SMILES string of the molecule is CC1CC(=O)NC(n2nc(C3CC3)cc2NC(=O)COc2cccc3c2OC(C)(C)C3)N1. The van der Waals surface area contributed by atoms with Crippen molar-refractivity contribution in [2.45, 2.75) is 70.3 Å². The molecule has 3 aliphatic rings. The summed E-state index contributed by atoms with van der Waals surface area (Å²) in [4.78, 5) is 24.8. The van der Waals surface area contributed by atoms with E-state index >= 15 is 0 Å². The zero-order chi connectivity index (χ0) is 22.5. The molecule has 2 aromatic rings. The van der Waals surface area contributed by atoms with Gasteiger partial charge >= 0.3 is 0 Å². The average Bonchev–Trinajstić information content (AvgIpc) is 3.39. The summed E-state index contributed by atoms with van der Waals surface area (Å²) in [7, 11) is 0. The zero-order valence-corrected chi connectivity index (χ0v) is 18.6. The van der Waals surface area contributed by atoms with Crippen LogP contribution in [0.4, 0.5) is 5.82 Å². The van der Waals surface area contributed by atoms with E-state index in [-0.39, 0.29) is 30.1 Å². The average molecular weight is 440 g/mol. The molecule has 1 aromatic carbocycles. The Labute approximate surface area is 186 Å². The van der Waals surface area contributed by atoms with Gasteiger partial charge < -0.3 is 20.1 Å². The predicted octanol–water partition coefficient (Wildman–Crippen LogP) is 2.45. The van der Waals surface area contributed by atoms with Crippen LogP contribution in [0.2, 0.25) is 0 Å². The van der Waals surface area contributed by atoms with E-state index in [0.717, 1.165) is 30.5 Å². The largest absolute Gasteiger partial charge is 0.483 e. The highest BCUT2D eigenvalue weighted by atomic mass is 16.5. The number of nitrogens with one attached hydrogen (secondary N) is 3. The van der Waals surface area contributed by atoms with Gasteiger partial charge in [0.05, 0.1) is 5.69 Å². The number of nitrogens with zero attached hydrogens (tertiary/aromatic N) is 2. The lowest BCUT2D eigenvalue weighted by Crippen LogP contribution is -2.52. The third-order valence-corrected chi connectivity index (χ3v) is 5.91. The molecule has 9 nitrogen and oxygen atoms in total. The number of carbonyl (C=O) groups is 2. The molecule has 2 fully saturated rings. The van der Waals surface area contributed by atoms with Crippen LogP contribution in [-0.2, 0) is 16.0 Å². The van der Waals surface area contributed by atoms with Gasteiger partial charge in [0, 0.05) is 36.4 Å². The van der Waals surface area contributed by atoms with Crippen LogP contribution in [0, 0.1) is 0 Å². The summed E-state index contributed by atoms with van der Waals surface area (Å²) in [6.07, 6.45) is 2.87. The van der Waals surface area contributed by atoms with Crippen molar-refractivity contribution >= 4 is 17.6 Å². The standard InChI is InChI=1S/C23H29N5O4/c1-13-9-19(29)26-22(24-13)28-18(10-16(27-28)14-7-8-14)25-20(30)12-31-17-6-4-5-15-11-23(2,3)32-21(15)17/h4-6,10,13-14,22,24H,7-9,11-12H2,1-3H3,(H,25,30)(H,26,29). The molecule has 1 saturated heterocycles. The molecule has 3 N–H and O–H groups in total. The molecule has 2 unspecified atom stereocenters. The van der Waals surface area contributed by atoms with Crippen LogP contribution in [-0.4, -0.2) is 39.8 Å². The van der Waals surface area contributed by atoms with Crippen molar-refractivity contribution in [1.29, 1.82) is 0 Å². The number of fused-ring (bicyclic) bond motifs is 1. The fraction of sp³-hybridized carbons (Fsp3) is 0.522. The number of aromatic nitrogens is 2. The van der Waals surface area contributed by atoms with Crippen molar-refractivity contribution < 1.29 is 19.1 Å². The van der Waals surface area contributed by atoms with E-state index in [9.17, 15) is 9.59 Å². The van der Waals surface area contributed by atoms with Gasteiger partial charge in [0.25, 0.3) is 5.91 Å². The molecule has 2 atom stereocenters. The molecule has 0 radical (unpaired) electrons. The summed E-state index contributed by atoms with van der Waals surface area (Å²) < 4.78 is 13.5. The highest BCUT2D eigenvalue weighted by Crippen LogP contribution is 2.42. The minimum atomic E-state index is -0.511. The molecular formula is C23H29N5O4. The lowest BCUT2D eigenvalue weighted by Gasteiger charge is -2.30. The Bertz CT molecular complexity index is 1060. The Kier molecular flexibility index (Phi) is 5.08. The van der Waals surface area contributed by atoms with Crippen LogP contribution < -0.4 is 25.4 Å². The highest BCUT2D eigenvalue weighted by Gasteiger charge is 2.33. The summed E-state index contributed by atoms with van der Waals surface area (Å²) >= 11 is 0. The molecule has 1 aromatic heterocycles. The molecule has 5 rings (SSSR count). The van der Waals surface area contributed by atoms with E-state index in [1.165, 1.54) is 0 Å². The van der Waals surface area contributed by atoms with Crippen LogP contribution in [0.3, 0.4) is 0 Å². The molecule has 32 heavy (non-hydrogen) atoms. The van der Waals surface area contributed by atoms with Gasteiger partial charge in [0.15, 0.2) is 24.4 Å². The molecule has 3 heterocycles. The van der Waals surface area contributed by atoms with Crippen molar-refractivity contribution in [3.05, 3.63) is 35.5 Å². The third-order valence-electron chi connectivity index (χ3n) is 5.91. The van der Waals surface area contributed by atoms with Gasteiger partial charge in [-0.3, -0.25) is 14.9 Å². The Morgan fingerprint density at radius 1 is 1.38 bits per heavy atom. The van der Waals surface area contributed by atoms with Crippen molar-refractivity contribution in [3.8, 4) is 11.5 Å². The number of anilines is 1. The van der Waals surface area contributed by atoms with Gasteiger partial charge in [0.2, 0.25) is 5.91 Å². The van der Waals surface area contributed by atoms with Gasteiger partial charge in [-0.1, -0.05) is 12.1 Å². The topological polar surface area (TPSA) is 107 Å². The minimum Gasteiger partial charge on any atom is -0.483 e. The second-order valence-electron chi connectivity index (χ2n) is 9.53. The fourth-order valence-electron chi connectivity index (χ4n) is 4.30. The number of hydrogen-bond donors (Lipinski definition) is 3. The molecular weight excluding hydrogens is 410 g/mol. The number of rotatable bonds is 6. The molecule has 0 spiro atoms. The Morgan fingerprint density at radius 2 is 2.19 bits per heavy atom. The normalized spacial score (nSPS) is 23.8. The summed E-state index contributed by atoms with van der Waals surface area (Å²) in [6.45, 7) is 5.85. The van der Waals surface area contributed by atoms with Gasteiger partial charge in [0.1, 0.15) is 11.4 Å². The maximum Gasteiger partial charge on any atom is 0.263 e. The quantitative estimate of drug-likeness (QED) is 0.638. The predicted molar refractivity (Wildman–Crippen MR) is 118 cm³/mol. The first-order valence-electron chi connectivity index (χ1n) is 11.2. The molecule has 1 saturated carbocycles. The van der Waals surface area contributed by atoms with E-state index in [4.69, 9.17) is 9.47 Å². The van der Waals surface area contributed by atoms with Crippen LogP contribution >= 0.6 is 0 Å². The summed E-state index contributed by atoms with van der Waals surface area (Å²) in [5, 5.41) is 13.8.